The van der Waals surface area contributed by atoms with Crippen molar-refractivity contribution in [3.8, 4) is 5.75 Å². The fraction of sp³-hybridized carbons (Fsp3) is 0.263. The van der Waals surface area contributed by atoms with E-state index in [0.717, 1.165) is 5.56 Å². The second-order valence-corrected chi connectivity index (χ2v) is 5.31. The summed E-state index contributed by atoms with van der Waals surface area (Å²) in [5.74, 6) is -0.248. The topological polar surface area (TPSA) is 64.6 Å². The molecule has 5 heteroatoms. The Kier molecular flexibility index (Phi) is 6.37. The van der Waals surface area contributed by atoms with Gasteiger partial charge in [-0.2, -0.15) is 0 Å². The van der Waals surface area contributed by atoms with Crippen molar-refractivity contribution in [3.05, 3.63) is 60.2 Å². The van der Waals surface area contributed by atoms with Crippen molar-refractivity contribution in [2.45, 2.75) is 25.9 Å². The summed E-state index contributed by atoms with van der Waals surface area (Å²) in [6, 6.07) is 16.7. The molecule has 1 atom stereocenters. The number of hydrogen-bond acceptors (Lipinski definition) is 4. The predicted molar refractivity (Wildman–Crippen MR) is 91.9 cm³/mol. The maximum Gasteiger partial charge on any atom is 0.306 e. The molecule has 2 aromatic carbocycles. The van der Waals surface area contributed by atoms with Crippen LogP contribution >= 0.6 is 0 Å². The van der Waals surface area contributed by atoms with Gasteiger partial charge in [-0.15, -0.1) is 0 Å². The number of carbonyl (C=O) groups excluding carboxylic acids is 2. The van der Waals surface area contributed by atoms with Crippen molar-refractivity contribution >= 4 is 17.6 Å². The summed E-state index contributed by atoms with van der Waals surface area (Å²) in [6.07, 6.45) is -0.0604. The Bertz CT molecular complexity index is 685. The summed E-state index contributed by atoms with van der Waals surface area (Å²) >= 11 is 0. The first-order valence-corrected chi connectivity index (χ1v) is 7.77. The Hall–Kier alpha value is -2.82. The van der Waals surface area contributed by atoms with Crippen molar-refractivity contribution in [2.75, 3.05) is 12.4 Å². The van der Waals surface area contributed by atoms with Crippen LogP contribution in [0.5, 0.6) is 5.75 Å². The van der Waals surface area contributed by atoms with Crippen molar-refractivity contribution in [3.63, 3.8) is 0 Å². The van der Waals surface area contributed by atoms with Gasteiger partial charge >= 0.3 is 5.97 Å². The molecule has 0 saturated carbocycles. The number of para-hydroxylation sites is 2. The molecule has 0 aliphatic heterocycles. The molecular weight excluding hydrogens is 306 g/mol. The largest absolute Gasteiger partial charge is 0.495 e. The van der Waals surface area contributed by atoms with Crippen LogP contribution in [0.2, 0.25) is 0 Å². The molecule has 0 aliphatic rings. The van der Waals surface area contributed by atoms with Crippen molar-refractivity contribution in [1.82, 2.24) is 0 Å². The van der Waals surface area contributed by atoms with E-state index in [9.17, 15) is 9.59 Å². The molecule has 0 aromatic heterocycles. The number of carbonyl (C=O) groups is 2. The van der Waals surface area contributed by atoms with Crippen molar-refractivity contribution in [2.24, 2.45) is 0 Å². The highest BCUT2D eigenvalue weighted by molar-refractivity contribution is 5.96. The number of anilines is 1. The number of esters is 1. The lowest BCUT2D eigenvalue weighted by Gasteiger charge is -2.15. The van der Waals surface area contributed by atoms with E-state index >= 15 is 0 Å². The van der Waals surface area contributed by atoms with Gasteiger partial charge in [0.25, 0.3) is 5.91 Å². The smallest absolute Gasteiger partial charge is 0.306 e. The molecule has 0 bridgehead atoms. The number of hydrogen-bond donors (Lipinski definition) is 1. The average Bonchev–Trinajstić information content (AvgIpc) is 2.61. The number of rotatable bonds is 7. The van der Waals surface area contributed by atoms with Crippen LogP contribution in [0.25, 0.3) is 0 Å². The van der Waals surface area contributed by atoms with Gasteiger partial charge < -0.3 is 14.8 Å². The third-order valence-corrected chi connectivity index (χ3v) is 3.50. The third-order valence-electron chi connectivity index (χ3n) is 3.50. The molecule has 1 N–H and O–H groups in total. The Morgan fingerprint density at radius 2 is 1.71 bits per heavy atom. The second kappa shape index (κ2) is 8.72. The minimum absolute atomic E-state index is 0.232. The van der Waals surface area contributed by atoms with E-state index in [4.69, 9.17) is 9.47 Å². The predicted octanol–water partition coefficient (Wildman–Crippen LogP) is 3.20. The second-order valence-electron chi connectivity index (χ2n) is 5.31. The van der Waals surface area contributed by atoms with E-state index in [0.29, 0.717) is 17.9 Å². The molecule has 0 fully saturated rings. The molecule has 126 valence electrons. The van der Waals surface area contributed by atoms with E-state index in [1.807, 2.05) is 36.4 Å². The van der Waals surface area contributed by atoms with Gasteiger partial charge in [0.15, 0.2) is 6.10 Å². The van der Waals surface area contributed by atoms with Crippen LogP contribution in [0.15, 0.2) is 54.6 Å². The minimum atomic E-state index is -0.877. The molecule has 0 unspecified atom stereocenters. The number of ether oxygens (including phenoxy) is 2. The van der Waals surface area contributed by atoms with E-state index in [1.165, 1.54) is 7.11 Å². The average molecular weight is 327 g/mol. The van der Waals surface area contributed by atoms with Gasteiger partial charge in [0.1, 0.15) is 5.75 Å². The van der Waals surface area contributed by atoms with E-state index < -0.39 is 18.0 Å². The van der Waals surface area contributed by atoms with E-state index in [1.54, 1.807) is 25.1 Å². The van der Waals surface area contributed by atoms with Gasteiger partial charge in [0.2, 0.25) is 0 Å². The van der Waals surface area contributed by atoms with Crippen LogP contribution in [0.4, 0.5) is 5.69 Å². The van der Waals surface area contributed by atoms with Crippen LogP contribution in [-0.2, 0) is 20.7 Å². The summed E-state index contributed by atoms with van der Waals surface area (Å²) in [7, 11) is 1.53. The molecule has 24 heavy (non-hydrogen) atoms. The Morgan fingerprint density at radius 3 is 2.42 bits per heavy atom. The van der Waals surface area contributed by atoms with Crippen molar-refractivity contribution in [1.29, 1.82) is 0 Å². The number of amides is 1. The first kappa shape index (κ1) is 17.5. The molecule has 0 radical (unpaired) electrons. The number of benzene rings is 2. The summed E-state index contributed by atoms with van der Waals surface area (Å²) < 4.78 is 10.4. The van der Waals surface area contributed by atoms with Gasteiger partial charge in [-0.25, -0.2) is 0 Å². The summed E-state index contributed by atoms with van der Waals surface area (Å²) in [4.78, 5) is 24.0. The molecule has 1 amide bonds. The summed E-state index contributed by atoms with van der Waals surface area (Å²) in [5.41, 5.74) is 1.60. The van der Waals surface area contributed by atoms with E-state index in [-0.39, 0.29) is 6.42 Å². The molecule has 0 aliphatic carbocycles. The lowest BCUT2D eigenvalue weighted by Crippen LogP contribution is -2.30. The van der Waals surface area contributed by atoms with Crippen LogP contribution in [0, 0.1) is 0 Å². The zero-order valence-corrected chi connectivity index (χ0v) is 13.8. The highest BCUT2D eigenvalue weighted by Gasteiger charge is 2.19. The lowest BCUT2D eigenvalue weighted by atomic mass is 10.1. The first-order valence-electron chi connectivity index (χ1n) is 7.77. The highest BCUT2D eigenvalue weighted by atomic mass is 16.5. The van der Waals surface area contributed by atoms with E-state index in [2.05, 4.69) is 5.32 Å². The Morgan fingerprint density at radius 1 is 1.04 bits per heavy atom. The SMILES string of the molecule is COc1ccccc1NC(=O)[C@H](C)OC(=O)CCc1ccccc1. The number of aryl methyl sites for hydroxylation is 1. The van der Waals surface area contributed by atoms with Gasteiger partial charge in [-0.3, -0.25) is 9.59 Å². The van der Waals surface area contributed by atoms with Crippen LogP contribution < -0.4 is 10.1 Å². The molecule has 0 saturated heterocycles. The fourth-order valence-electron chi connectivity index (χ4n) is 2.18. The third kappa shape index (κ3) is 5.12. The van der Waals surface area contributed by atoms with Crippen molar-refractivity contribution < 1.29 is 19.1 Å². The van der Waals surface area contributed by atoms with Gasteiger partial charge in [-0.1, -0.05) is 42.5 Å². The fourth-order valence-corrected chi connectivity index (χ4v) is 2.18. The quantitative estimate of drug-likeness (QED) is 0.793. The normalized spacial score (nSPS) is 11.4. The monoisotopic (exact) mass is 327 g/mol. The number of methoxy groups -OCH3 is 1. The zero-order valence-electron chi connectivity index (χ0n) is 13.8. The first-order chi connectivity index (χ1) is 11.6. The minimum Gasteiger partial charge on any atom is -0.495 e. The van der Waals surface area contributed by atoms with Gasteiger partial charge in [-0.05, 0) is 31.0 Å². The zero-order chi connectivity index (χ0) is 17.4. The standard InChI is InChI=1S/C19H21NO4/c1-14(19(22)20-16-10-6-7-11-17(16)23-2)24-18(21)13-12-15-8-4-3-5-9-15/h3-11,14H,12-13H2,1-2H3,(H,20,22)/t14-/m0/s1. The lowest BCUT2D eigenvalue weighted by molar-refractivity contribution is -0.153. The number of nitrogens with one attached hydrogen (secondary N) is 1. The molecular formula is C19H21NO4. The molecule has 2 aromatic rings. The highest BCUT2D eigenvalue weighted by Crippen LogP contribution is 2.23. The van der Waals surface area contributed by atoms with Gasteiger partial charge in [0, 0.05) is 6.42 Å². The van der Waals surface area contributed by atoms with Crippen LogP contribution in [-0.4, -0.2) is 25.1 Å². The van der Waals surface area contributed by atoms with Crippen LogP contribution in [0.1, 0.15) is 18.9 Å². The molecule has 5 nitrogen and oxygen atoms in total. The summed E-state index contributed by atoms with van der Waals surface area (Å²) in [5, 5.41) is 2.70. The Balaban J connectivity index is 1.83. The summed E-state index contributed by atoms with van der Waals surface area (Å²) in [6.45, 7) is 1.55. The molecule has 2 rings (SSSR count). The molecule has 0 spiro atoms. The maximum absolute atomic E-state index is 12.1. The van der Waals surface area contributed by atoms with Gasteiger partial charge in [0.05, 0.1) is 12.8 Å². The van der Waals surface area contributed by atoms with Crippen LogP contribution in [0.3, 0.4) is 0 Å². The maximum atomic E-state index is 12.1. The Labute approximate surface area is 141 Å². The molecule has 0 heterocycles.